The zero-order valence-electron chi connectivity index (χ0n) is 11.4. The van der Waals surface area contributed by atoms with Crippen molar-refractivity contribution in [3.05, 3.63) is 24.3 Å². The minimum Gasteiger partial charge on any atom is -0.497 e. The maximum Gasteiger partial charge on any atom is 0.324 e. The Kier molecular flexibility index (Phi) is 4.29. The second kappa shape index (κ2) is 5.80. The summed E-state index contributed by atoms with van der Waals surface area (Å²) in [5, 5.41) is 0. The molecule has 0 aromatic heterocycles. The number of hydrogen-bond donors (Lipinski definition) is 0. The van der Waals surface area contributed by atoms with Crippen molar-refractivity contribution < 1.29 is 22.7 Å². The predicted octanol–water partition coefficient (Wildman–Crippen LogP) is 1.02. The standard InChI is InChI=1S/C13H17NO5S/c1-18-10-5-7-11(8-6-10)20(16,17)14-9-3-4-12(14)13(15)19-2/h5-8,12H,3-4,9H2,1-2H3. The molecule has 0 N–H and O–H groups in total. The maximum atomic E-state index is 12.5. The van der Waals surface area contributed by atoms with E-state index in [1.54, 1.807) is 12.1 Å². The van der Waals surface area contributed by atoms with Crippen molar-refractivity contribution in [2.24, 2.45) is 0 Å². The van der Waals surface area contributed by atoms with Gasteiger partial charge in [-0.3, -0.25) is 4.79 Å². The minimum atomic E-state index is -3.69. The van der Waals surface area contributed by atoms with Gasteiger partial charge in [0.2, 0.25) is 10.0 Å². The van der Waals surface area contributed by atoms with Crippen LogP contribution < -0.4 is 4.74 Å². The summed E-state index contributed by atoms with van der Waals surface area (Å²) in [6.07, 6.45) is 1.14. The van der Waals surface area contributed by atoms with Crippen LogP contribution in [0.4, 0.5) is 0 Å². The first-order chi connectivity index (χ1) is 9.50. The lowest BCUT2D eigenvalue weighted by atomic mass is 10.2. The highest BCUT2D eigenvalue weighted by Gasteiger charge is 2.40. The van der Waals surface area contributed by atoms with Crippen molar-refractivity contribution >= 4 is 16.0 Å². The van der Waals surface area contributed by atoms with Crippen LogP contribution in [0.25, 0.3) is 0 Å². The number of hydrogen-bond acceptors (Lipinski definition) is 5. The number of carbonyl (C=O) groups is 1. The first kappa shape index (κ1) is 14.8. The number of benzene rings is 1. The molecule has 110 valence electrons. The van der Waals surface area contributed by atoms with E-state index >= 15 is 0 Å². The van der Waals surface area contributed by atoms with Gasteiger partial charge in [0.05, 0.1) is 19.1 Å². The summed E-state index contributed by atoms with van der Waals surface area (Å²) >= 11 is 0. The zero-order valence-corrected chi connectivity index (χ0v) is 12.2. The third kappa shape index (κ3) is 2.64. The molecule has 1 heterocycles. The summed E-state index contributed by atoms with van der Waals surface area (Å²) < 4.78 is 36.0. The molecule has 1 saturated heterocycles. The average molecular weight is 299 g/mol. The van der Waals surface area contributed by atoms with Gasteiger partial charge in [0.15, 0.2) is 0 Å². The Hall–Kier alpha value is -1.60. The van der Waals surface area contributed by atoms with Crippen LogP contribution in [-0.2, 0) is 19.6 Å². The number of carbonyl (C=O) groups excluding carboxylic acids is 1. The van der Waals surface area contributed by atoms with Crippen LogP contribution in [0.1, 0.15) is 12.8 Å². The summed E-state index contributed by atoms with van der Waals surface area (Å²) in [6.45, 7) is 0.328. The van der Waals surface area contributed by atoms with Crippen LogP contribution in [0, 0.1) is 0 Å². The molecule has 0 aliphatic carbocycles. The fourth-order valence-electron chi connectivity index (χ4n) is 2.28. The molecule has 1 unspecified atom stereocenters. The number of rotatable bonds is 4. The summed E-state index contributed by atoms with van der Waals surface area (Å²) in [5.41, 5.74) is 0. The molecule has 0 saturated carbocycles. The number of ether oxygens (including phenoxy) is 2. The molecule has 1 aliphatic heterocycles. The molecule has 1 aromatic carbocycles. The van der Waals surface area contributed by atoms with Gasteiger partial charge in [-0.1, -0.05) is 0 Å². The molecule has 1 fully saturated rings. The Bertz CT molecular complexity index is 581. The largest absolute Gasteiger partial charge is 0.497 e. The molecule has 1 atom stereocenters. The van der Waals surface area contributed by atoms with E-state index in [2.05, 4.69) is 4.74 Å². The summed E-state index contributed by atoms with van der Waals surface area (Å²) in [6, 6.07) is 5.38. The highest BCUT2D eigenvalue weighted by atomic mass is 32.2. The van der Waals surface area contributed by atoms with Crippen LogP contribution in [0.2, 0.25) is 0 Å². The topological polar surface area (TPSA) is 72.9 Å². The van der Waals surface area contributed by atoms with Gasteiger partial charge in [0.1, 0.15) is 11.8 Å². The number of methoxy groups -OCH3 is 2. The Morgan fingerprint density at radius 2 is 1.90 bits per heavy atom. The number of esters is 1. The highest BCUT2D eigenvalue weighted by Crippen LogP contribution is 2.27. The predicted molar refractivity (Wildman–Crippen MR) is 71.9 cm³/mol. The second-order valence-corrected chi connectivity index (χ2v) is 6.36. The van der Waals surface area contributed by atoms with Crippen molar-refractivity contribution in [1.29, 1.82) is 0 Å². The van der Waals surface area contributed by atoms with E-state index in [9.17, 15) is 13.2 Å². The molecular weight excluding hydrogens is 282 g/mol. The summed E-state index contributed by atoms with van der Waals surface area (Å²) in [5.74, 6) is 0.0643. The lowest BCUT2D eigenvalue weighted by molar-refractivity contribution is -0.144. The first-order valence-electron chi connectivity index (χ1n) is 6.24. The van der Waals surface area contributed by atoms with E-state index < -0.39 is 22.0 Å². The Labute approximate surface area is 118 Å². The monoisotopic (exact) mass is 299 g/mol. The van der Waals surface area contributed by atoms with Crippen molar-refractivity contribution in [1.82, 2.24) is 4.31 Å². The SMILES string of the molecule is COC(=O)C1CCCN1S(=O)(=O)c1ccc(OC)cc1. The van der Waals surface area contributed by atoms with Gasteiger partial charge in [-0.2, -0.15) is 4.31 Å². The van der Waals surface area contributed by atoms with E-state index in [1.165, 1.54) is 30.7 Å². The fourth-order valence-corrected chi connectivity index (χ4v) is 3.93. The van der Waals surface area contributed by atoms with Gasteiger partial charge in [-0.25, -0.2) is 8.42 Å². The van der Waals surface area contributed by atoms with Gasteiger partial charge in [0, 0.05) is 6.54 Å². The molecular formula is C13H17NO5S. The van der Waals surface area contributed by atoms with Crippen LogP contribution >= 0.6 is 0 Å². The molecule has 0 spiro atoms. The summed E-state index contributed by atoms with van der Waals surface area (Å²) in [7, 11) is -0.917. The molecule has 1 aromatic rings. The maximum absolute atomic E-state index is 12.5. The van der Waals surface area contributed by atoms with Crippen molar-refractivity contribution in [3.63, 3.8) is 0 Å². The highest BCUT2D eigenvalue weighted by molar-refractivity contribution is 7.89. The molecule has 1 aliphatic rings. The molecule has 2 rings (SSSR count). The second-order valence-electron chi connectivity index (χ2n) is 4.47. The minimum absolute atomic E-state index is 0.147. The van der Waals surface area contributed by atoms with E-state index in [1.807, 2.05) is 0 Å². The van der Waals surface area contributed by atoms with Gasteiger partial charge >= 0.3 is 5.97 Å². The van der Waals surface area contributed by atoms with Gasteiger partial charge in [-0.05, 0) is 37.1 Å². The third-order valence-corrected chi connectivity index (χ3v) is 5.27. The lowest BCUT2D eigenvalue weighted by Gasteiger charge is -2.22. The third-order valence-electron chi connectivity index (χ3n) is 3.34. The van der Waals surface area contributed by atoms with E-state index in [0.29, 0.717) is 25.1 Å². The van der Waals surface area contributed by atoms with Crippen LogP contribution in [0.15, 0.2) is 29.2 Å². The molecule has 6 nitrogen and oxygen atoms in total. The molecule has 0 amide bonds. The number of sulfonamides is 1. The van der Waals surface area contributed by atoms with Crippen LogP contribution in [-0.4, -0.2) is 45.5 Å². The van der Waals surface area contributed by atoms with Crippen molar-refractivity contribution in [3.8, 4) is 5.75 Å². The van der Waals surface area contributed by atoms with Crippen molar-refractivity contribution in [2.75, 3.05) is 20.8 Å². The Balaban J connectivity index is 2.31. The van der Waals surface area contributed by atoms with E-state index in [0.717, 1.165) is 0 Å². The van der Waals surface area contributed by atoms with Crippen molar-refractivity contribution in [2.45, 2.75) is 23.8 Å². The quantitative estimate of drug-likeness (QED) is 0.776. The Morgan fingerprint density at radius 1 is 1.25 bits per heavy atom. The smallest absolute Gasteiger partial charge is 0.324 e. The van der Waals surface area contributed by atoms with Crippen LogP contribution in [0.5, 0.6) is 5.75 Å². The fraction of sp³-hybridized carbons (Fsp3) is 0.462. The first-order valence-corrected chi connectivity index (χ1v) is 7.68. The molecule has 7 heteroatoms. The average Bonchev–Trinajstić information content (AvgIpc) is 2.96. The van der Waals surface area contributed by atoms with Gasteiger partial charge in [-0.15, -0.1) is 0 Å². The molecule has 0 radical (unpaired) electrons. The van der Waals surface area contributed by atoms with Gasteiger partial charge < -0.3 is 9.47 Å². The molecule has 0 bridgehead atoms. The van der Waals surface area contributed by atoms with Gasteiger partial charge in [0.25, 0.3) is 0 Å². The Morgan fingerprint density at radius 3 is 2.45 bits per heavy atom. The zero-order chi connectivity index (χ0) is 14.8. The number of nitrogens with zero attached hydrogens (tertiary/aromatic N) is 1. The normalized spacial score (nSPS) is 19.8. The summed E-state index contributed by atoms with van der Waals surface area (Å²) in [4.78, 5) is 11.8. The molecule has 20 heavy (non-hydrogen) atoms. The lowest BCUT2D eigenvalue weighted by Crippen LogP contribution is -2.40. The van der Waals surface area contributed by atoms with E-state index in [-0.39, 0.29) is 4.90 Å². The van der Waals surface area contributed by atoms with E-state index in [4.69, 9.17) is 4.74 Å². The van der Waals surface area contributed by atoms with Crippen LogP contribution in [0.3, 0.4) is 0 Å².